The Hall–Kier alpha value is -2.98. The van der Waals surface area contributed by atoms with Gasteiger partial charge in [-0.1, -0.05) is 30.0 Å². The minimum atomic E-state index is -0.488. The first kappa shape index (κ1) is 23.2. The second-order valence-electron chi connectivity index (χ2n) is 7.78. The van der Waals surface area contributed by atoms with E-state index < -0.39 is 5.25 Å². The van der Waals surface area contributed by atoms with Crippen molar-refractivity contribution >= 4 is 23.6 Å². The van der Waals surface area contributed by atoms with Crippen LogP contribution in [0.15, 0.2) is 53.7 Å². The predicted molar refractivity (Wildman–Crippen MR) is 123 cm³/mol. The Balaban J connectivity index is 1.56. The van der Waals surface area contributed by atoms with Gasteiger partial charge >= 0.3 is 0 Å². The van der Waals surface area contributed by atoms with E-state index in [9.17, 15) is 13.6 Å². The molecule has 1 fully saturated rings. The first-order valence-electron chi connectivity index (χ1n) is 10.6. The van der Waals surface area contributed by atoms with E-state index in [0.717, 1.165) is 0 Å². The van der Waals surface area contributed by atoms with E-state index in [0.29, 0.717) is 48.7 Å². The molecule has 0 aliphatic carbocycles. The van der Waals surface area contributed by atoms with Crippen LogP contribution in [0.5, 0.6) is 0 Å². The van der Waals surface area contributed by atoms with Crippen LogP contribution in [-0.4, -0.2) is 64.2 Å². The summed E-state index contributed by atoms with van der Waals surface area (Å²) < 4.78 is 34.7. The summed E-state index contributed by atoms with van der Waals surface area (Å²) in [4.78, 5) is 16.6. The number of benzene rings is 2. The smallest absolute Gasteiger partial charge is 0.235 e. The highest BCUT2D eigenvalue weighted by atomic mass is 32.2. The zero-order valence-electron chi connectivity index (χ0n) is 18.4. The van der Waals surface area contributed by atoms with Crippen molar-refractivity contribution in [1.29, 1.82) is 0 Å². The van der Waals surface area contributed by atoms with Gasteiger partial charge in [0.1, 0.15) is 11.6 Å². The predicted octanol–water partition coefficient (Wildman–Crippen LogP) is 3.52. The molecule has 0 spiro atoms. The maximum absolute atomic E-state index is 14.0. The molecule has 1 aromatic heterocycles. The number of carbonyl (C=O) groups is 1. The molecule has 4 rings (SSSR count). The third kappa shape index (κ3) is 5.51. The lowest BCUT2D eigenvalue weighted by Gasteiger charge is -2.28. The van der Waals surface area contributed by atoms with Crippen molar-refractivity contribution < 1.29 is 18.3 Å². The van der Waals surface area contributed by atoms with Crippen LogP contribution >= 0.6 is 11.8 Å². The number of hydrogen-bond donors (Lipinski definition) is 0. The molecule has 33 heavy (non-hydrogen) atoms. The van der Waals surface area contributed by atoms with Gasteiger partial charge in [-0.25, -0.2) is 8.78 Å². The highest BCUT2D eigenvalue weighted by Crippen LogP contribution is 2.30. The fourth-order valence-electron chi connectivity index (χ4n) is 3.65. The number of rotatable bonds is 7. The first-order valence-corrected chi connectivity index (χ1v) is 11.5. The van der Waals surface area contributed by atoms with Crippen LogP contribution in [0.25, 0.3) is 5.69 Å². The van der Waals surface area contributed by atoms with Crippen molar-refractivity contribution in [3.8, 4) is 5.69 Å². The third-order valence-electron chi connectivity index (χ3n) is 5.29. The quantitative estimate of drug-likeness (QED) is 0.490. The van der Waals surface area contributed by atoms with Gasteiger partial charge < -0.3 is 14.5 Å². The van der Waals surface area contributed by atoms with E-state index in [4.69, 9.17) is 4.74 Å². The lowest BCUT2D eigenvalue weighted by atomic mass is 10.2. The average molecular weight is 474 g/mol. The summed E-state index contributed by atoms with van der Waals surface area (Å²) in [5, 5.41) is 8.68. The number of amides is 1. The maximum atomic E-state index is 14.0. The van der Waals surface area contributed by atoms with E-state index in [1.807, 2.05) is 4.90 Å². The van der Waals surface area contributed by atoms with E-state index in [1.165, 1.54) is 36.0 Å². The summed E-state index contributed by atoms with van der Waals surface area (Å²) in [6, 6.07) is 12.4. The minimum Gasteiger partial charge on any atom is -0.378 e. The lowest BCUT2D eigenvalue weighted by molar-refractivity contribution is -0.129. The Morgan fingerprint density at radius 3 is 2.52 bits per heavy atom. The molecule has 1 aliphatic heterocycles. The van der Waals surface area contributed by atoms with Crippen molar-refractivity contribution in [3.05, 3.63) is 65.7 Å². The van der Waals surface area contributed by atoms with Crippen LogP contribution in [0.2, 0.25) is 0 Å². The van der Waals surface area contributed by atoms with Crippen LogP contribution in [-0.2, 0) is 16.1 Å². The van der Waals surface area contributed by atoms with Gasteiger partial charge in [0.15, 0.2) is 5.16 Å². The molecular formula is C23H25F2N5O2S. The van der Waals surface area contributed by atoms with E-state index in [-0.39, 0.29) is 24.1 Å². The van der Waals surface area contributed by atoms with Crippen LogP contribution in [0, 0.1) is 11.6 Å². The minimum absolute atomic E-state index is 0.133. The largest absolute Gasteiger partial charge is 0.378 e. The summed E-state index contributed by atoms with van der Waals surface area (Å²) in [7, 11) is 1.68. The average Bonchev–Trinajstić information content (AvgIpc) is 3.22. The zero-order valence-corrected chi connectivity index (χ0v) is 19.3. The molecule has 1 aliphatic rings. The van der Waals surface area contributed by atoms with Crippen molar-refractivity contribution in [2.45, 2.75) is 23.9 Å². The number of morpholine rings is 1. The Kier molecular flexibility index (Phi) is 7.24. The summed E-state index contributed by atoms with van der Waals surface area (Å²) in [6.45, 7) is 4.49. The molecule has 2 aromatic carbocycles. The van der Waals surface area contributed by atoms with Crippen LogP contribution in [0.3, 0.4) is 0 Å². The van der Waals surface area contributed by atoms with Crippen molar-refractivity contribution in [2.24, 2.45) is 0 Å². The van der Waals surface area contributed by atoms with E-state index in [1.54, 1.807) is 47.7 Å². The topological polar surface area (TPSA) is 63.5 Å². The second kappa shape index (κ2) is 10.3. The molecule has 1 atom stereocenters. The van der Waals surface area contributed by atoms with Gasteiger partial charge in [0.2, 0.25) is 11.9 Å². The molecule has 2 heterocycles. The number of nitrogens with zero attached hydrogens (tertiary/aromatic N) is 5. The van der Waals surface area contributed by atoms with Crippen molar-refractivity contribution in [3.63, 3.8) is 0 Å². The highest BCUT2D eigenvalue weighted by molar-refractivity contribution is 8.00. The van der Waals surface area contributed by atoms with Crippen LogP contribution in [0.1, 0.15) is 12.5 Å². The number of ether oxygens (including phenoxy) is 1. The second-order valence-corrected chi connectivity index (χ2v) is 9.09. The number of anilines is 1. The molecule has 1 unspecified atom stereocenters. The molecule has 174 valence electrons. The van der Waals surface area contributed by atoms with Gasteiger partial charge in [0.05, 0.1) is 24.2 Å². The molecule has 10 heteroatoms. The third-order valence-corrected chi connectivity index (χ3v) is 6.32. The van der Waals surface area contributed by atoms with Gasteiger partial charge in [0.25, 0.3) is 0 Å². The molecule has 7 nitrogen and oxygen atoms in total. The normalized spacial score (nSPS) is 14.8. The summed E-state index contributed by atoms with van der Waals surface area (Å²) in [5.74, 6) is -0.260. The Morgan fingerprint density at radius 1 is 1.12 bits per heavy atom. The van der Waals surface area contributed by atoms with Gasteiger partial charge in [-0.15, -0.1) is 10.2 Å². The lowest BCUT2D eigenvalue weighted by Crippen LogP contribution is -2.38. The molecule has 1 amide bonds. The molecule has 0 N–H and O–H groups in total. The van der Waals surface area contributed by atoms with Gasteiger partial charge in [-0.3, -0.25) is 9.36 Å². The van der Waals surface area contributed by atoms with E-state index in [2.05, 4.69) is 10.2 Å². The van der Waals surface area contributed by atoms with Crippen molar-refractivity contribution in [1.82, 2.24) is 19.7 Å². The molecular weight excluding hydrogens is 448 g/mol. The zero-order chi connectivity index (χ0) is 23.4. The monoisotopic (exact) mass is 473 g/mol. The van der Waals surface area contributed by atoms with Crippen molar-refractivity contribution in [2.75, 3.05) is 38.3 Å². The molecule has 3 aromatic rings. The maximum Gasteiger partial charge on any atom is 0.235 e. The SMILES string of the molecule is CC(Sc1nnc(N2CCOCC2)n1-c1cccc(F)c1)C(=O)N(C)Cc1cccc(F)c1. The fraction of sp³-hybridized carbons (Fsp3) is 0.348. The Labute approximate surface area is 195 Å². The number of carbonyl (C=O) groups excluding carboxylic acids is 1. The summed E-state index contributed by atoms with van der Waals surface area (Å²) >= 11 is 1.25. The van der Waals surface area contributed by atoms with E-state index >= 15 is 0 Å². The first-order chi connectivity index (χ1) is 15.9. The fourth-order valence-corrected chi connectivity index (χ4v) is 4.63. The van der Waals surface area contributed by atoms with Gasteiger partial charge in [0, 0.05) is 26.7 Å². The molecule has 0 radical (unpaired) electrons. The summed E-state index contributed by atoms with van der Waals surface area (Å²) in [5.41, 5.74) is 1.29. The summed E-state index contributed by atoms with van der Waals surface area (Å²) in [6.07, 6.45) is 0. The van der Waals surface area contributed by atoms with Gasteiger partial charge in [-0.2, -0.15) is 0 Å². The molecule has 0 saturated carbocycles. The molecule has 1 saturated heterocycles. The molecule has 0 bridgehead atoms. The number of thioether (sulfide) groups is 1. The van der Waals surface area contributed by atoms with Gasteiger partial charge in [-0.05, 0) is 42.8 Å². The van der Waals surface area contributed by atoms with Crippen LogP contribution < -0.4 is 4.90 Å². The standard InChI is InChI=1S/C23H25F2N5O2S/c1-16(21(31)28(2)15-17-5-3-6-18(24)13-17)33-23-27-26-22(29-9-11-32-12-10-29)30(23)20-8-4-7-19(25)14-20/h3-8,13-14,16H,9-12,15H2,1-2H3. The number of halogens is 2. The Morgan fingerprint density at radius 2 is 1.82 bits per heavy atom. The Bertz CT molecular complexity index is 1120. The van der Waals surface area contributed by atoms with Crippen LogP contribution in [0.4, 0.5) is 14.7 Å². The number of hydrogen-bond acceptors (Lipinski definition) is 6. The number of aromatic nitrogens is 3. The highest BCUT2D eigenvalue weighted by Gasteiger charge is 2.26.